The number of fused-ring (bicyclic) bond motifs is 1. The second kappa shape index (κ2) is 7.26. The molecule has 132 valence electrons. The van der Waals surface area contributed by atoms with Crippen molar-refractivity contribution < 1.29 is 9.32 Å². The molecule has 0 bridgehead atoms. The van der Waals surface area contributed by atoms with E-state index in [1.807, 2.05) is 4.90 Å². The second-order valence-corrected chi connectivity index (χ2v) is 7.61. The molecule has 1 aromatic heterocycles. The summed E-state index contributed by atoms with van der Waals surface area (Å²) < 4.78 is 5.49. The molecule has 0 spiro atoms. The lowest BCUT2D eigenvalue weighted by Gasteiger charge is -2.40. The normalized spacial score (nSPS) is 23.8. The molecule has 1 amide bonds. The van der Waals surface area contributed by atoms with Gasteiger partial charge in [0.2, 0.25) is 0 Å². The van der Waals surface area contributed by atoms with Gasteiger partial charge in [0.1, 0.15) is 5.76 Å². The topological polar surface area (TPSA) is 49.6 Å². The van der Waals surface area contributed by atoms with E-state index in [-0.39, 0.29) is 5.91 Å². The quantitative estimate of drug-likeness (QED) is 0.782. The number of carbonyl (C=O) groups excluding carboxylic acids is 1. The van der Waals surface area contributed by atoms with Crippen LogP contribution in [0.2, 0.25) is 0 Å². The maximum absolute atomic E-state index is 12.9. The first kappa shape index (κ1) is 16.1. The Bertz CT molecular complexity index is 569. The summed E-state index contributed by atoms with van der Waals surface area (Å²) in [6.07, 6.45) is 12.2. The zero-order valence-electron chi connectivity index (χ0n) is 14.6. The molecular weight excluding hydrogens is 302 g/mol. The van der Waals surface area contributed by atoms with Crippen molar-refractivity contribution in [1.82, 2.24) is 15.0 Å². The summed E-state index contributed by atoms with van der Waals surface area (Å²) in [5.41, 5.74) is 1.69. The number of amides is 1. The fourth-order valence-electron chi connectivity index (χ4n) is 4.62. The third-order valence-electron chi connectivity index (χ3n) is 6.10. The van der Waals surface area contributed by atoms with Gasteiger partial charge in [-0.3, -0.25) is 9.69 Å². The Hall–Kier alpha value is -1.36. The fraction of sp³-hybridized carbons (Fsp3) is 0.789. The first-order chi connectivity index (χ1) is 11.8. The summed E-state index contributed by atoms with van der Waals surface area (Å²) in [6.45, 7) is 3.68. The van der Waals surface area contributed by atoms with Crippen LogP contribution in [0, 0.1) is 0 Å². The minimum absolute atomic E-state index is 0.0881. The van der Waals surface area contributed by atoms with Crippen LogP contribution in [0.4, 0.5) is 0 Å². The van der Waals surface area contributed by atoms with Crippen LogP contribution in [0.15, 0.2) is 4.52 Å². The van der Waals surface area contributed by atoms with Crippen molar-refractivity contribution in [2.24, 2.45) is 0 Å². The zero-order chi connectivity index (χ0) is 16.4. The van der Waals surface area contributed by atoms with E-state index in [0.29, 0.717) is 5.69 Å². The SMILES string of the molecule is O=C(c1noc2c1CCCCC2)N1CCN(C2CCCCC2)CC1. The van der Waals surface area contributed by atoms with Crippen molar-refractivity contribution in [1.29, 1.82) is 0 Å². The highest BCUT2D eigenvalue weighted by molar-refractivity contribution is 5.94. The summed E-state index contributed by atoms with van der Waals surface area (Å²) in [6, 6.07) is 0.749. The fourth-order valence-corrected chi connectivity index (χ4v) is 4.62. The Balaban J connectivity index is 1.39. The predicted molar refractivity (Wildman–Crippen MR) is 92.1 cm³/mol. The third-order valence-corrected chi connectivity index (χ3v) is 6.10. The highest BCUT2D eigenvalue weighted by Crippen LogP contribution is 2.26. The summed E-state index contributed by atoms with van der Waals surface area (Å²) in [5.74, 6) is 1.04. The Morgan fingerprint density at radius 1 is 0.917 bits per heavy atom. The molecule has 0 aromatic carbocycles. The van der Waals surface area contributed by atoms with E-state index in [2.05, 4.69) is 10.1 Å². The van der Waals surface area contributed by atoms with Crippen LogP contribution in [0.3, 0.4) is 0 Å². The standard InChI is InChI=1S/C19H29N3O2/c23-19(18-16-9-5-2-6-10-17(16)24-20-18)22-13-11-21(12-14-22)15-7-3-1-4-8-15/h15H,1-14H2. The zero-order valence-corrected chi connectivity index (χ0v) is 14.6. The maximum Gasteiger partial charge on any atom is 0.276 e. The van der Waals surface area contributed by atoms with Crippen molar-refractivity contribution in [3.63, 3.8) is 0 Å². The summed E-state index contributed by atoms with van der Waals surface area (Å²) in [5, 5.41) is 4.14. The van der Waals surface area contributed by atoms with Gasteiger partial charge in [0.05, 0.1) is 0 Å². The number of piperazine rings is 1. The molecule has 1 saturated carbocycles. The van der Waals surface area contributed by atoms with E-state index in [0.717, 1.165) is 69.2 Å². The van der Waals surface area contributed by atoms with Gasteiger partial charge < -0.3 is 9.42 Å². The molecule has 0 N–H and O–H groups in total. The van der Waals surface area contributed by atoms with Gasteiger partial charge in [0, 0.05) is 44.2 Å². The molecule has 2 aliphatic carbocycles. The largest absolute Gasteiger partial charge is 0.360 e. The molecule has 4 rings (SSSR count). The number of aryl methyl sites for hydroxylation is 1. The lowest BCUT2D eigenvalue weighted by atomic mass is 9.94. The number of carbonyl (C=O) groups is 1. The van der Waals surface area contributed by atoms with E-state index in [4.69, 9.17) is 4.52 Å². The van der Waals surface area contributed by atoms with E-state index in [1.165, 1.54) is 38.5 Å². The third kappa shape index (κ3) is 3.23. The Kier molecular flexibility index (Phi) is 4.88. The molecule has 3 aliphatic rings. The minimum Gasteiger partial charge on any atom is -0.360 e. The predicted octanol–water partition coefficient (Wildman–Crippen LogP) is 3.03. The van der Waals surface area contributed by atoms with Crippen molar-refractivity contribution in [3.05, 3.63) is 17.0 Å². The molecule has 0 unspecified atom stereocenters. The number of rotatable bonds is 2. The van der Waals surface area contributed by atoms with Crippen LogP contribution in [0.25, 0.3) is 0 Å². The molecule has 2 fully saturated rings. The molecular formula is C19H29N3O2. The van der Waals surface area contributed by atoms with Gasteiger partial charge in [-0.1, -0.05) is 30.8 Å². The number of nitrogens with zero attached hydrogens (tertiary/aromatic N) is 3. The number of hydrogen-bond acceptors (Lipinski definition) is 4. The monoisotopic (exact) mass is 331 g/mol. The van der Waals surface area contributed by atoms with Gasteiger partial charge >= 0.3 is 0 Å². The van der Waals surface area contributed by atoms with E-state index < -0.39 is 0 Å². The summed E-state index contributed by atoms with van der Waals surface area (Å²) in [7, 11) is 0. The van der Waals surface area contributed by atoms with E-state index in [9.17, 15) is 4.79 Å². The minimum atomic E-state index is 0.0881. The molecule has 0 atom stereocenters. The average Bonchev–Trinajstić information content (AvgIpc) is 2.90. The van der Waals surface area contributed by atoms with Crippen molar-refractivity contribution in [3.8, 4) is 0 Å². The molecule has 2 heterocycles. The van der Waals surface area contributed by atoms with Gasteiger partial charge in [-0.25, -0.2) is 0 Å². The average molecular weight is 331 g/mol. The Morgan fingerprint density at radius 3 is 2.42 bits per heavy atom. The first-order valence-electron chi connectivity index (χ1n) is 9.83. The highest BCUT2D eigenvalue weighted by Gasteiger charge is 2.31. The molecule has 1 saturated heterocycles. The van der Waals surface area contributed by atoms with Gasteiger partial charge in [0.25, 0.3) is 5.91 Å². The van der Waals surface area contributed by atoms with Crippen LogP contribution >= 0.6 is 0 Å². The second-order valence-electron chi connectivity index (χ2n) is 7.61. The van der Waals surface area contributed by atoms with Gasteiger partial charge in [0.15, 0.2) is 5.69 Å². The Labute approximate surface area is 144 Å². The molecule has 0 radical (unpaired) electrons. The maximum atomic E-state index is 12.9. The molecule has 24 heavy (non-hydrogen) atoms. The van der Waals surface area contributed by atoms with Crippen molar-refractivity contribution in [2.45, 2.75) is 70.3 Å². The van der Waals surface area contributed by atoms with Crippen LogP contribution in [0.1, 0.15) is 73.2 Å². The molecule has 1 aliphatic heterocycles. The van der Waals surface area contributed by atoms with E-state index in [1.54, 1.807) is 0 Å². The van der Waals surface area contributed by atoms with Gasteiger partial charge in [-0.15, -0.1) is 0 Å². The van der Waals surface area contributed by atoms with Crippen LogP contribution in [-0.4, -0.2) is 53.1 Å². The number of aromatic nitrogens is 1. The molecule has 5 nitrogen and oxygen atoms in total. The van der Waals surface area contributed by atoms with Gasteiger partial charge in [-0.2, -0.15) is 0 Å². The first-order valence-corrected chi connectivity index (χ1v) is 9.83. The molecule has 1 aromatic rings. The summed E-state index contributed by atoms with van der Waals surface area (Å²) >= 11 is 0. The van der Waals surface area contributed by atoms with Crippen LogP contribution < -0.4 is 0 Å². The highest BCUT2D eigenvalue weighted by atomic mass is 16.5. The lowest BCUT2D eigenvalue weighted by molar-refractivity contribution is 0.0514. The summed E-state index contributed by atoms with van der Waals surface area (Å²) in [4.78, 5) is 17.5. The molecule has 5 heteroatoms. The van der Waals surface area contributed by atoms with Crippen LogP contribution in [0.5, 0.6) is 0 Å². The lowest BCUT2D eigenvalue weighted by Crippen LogP contribution is -2.52. The smallest absolute Gasteiger partial charge is 0.276 e. The Morgan fingerprint density at radius 2 is 1.62 bits per heavy atom. The number of hydrogen-bond donors (Lipinski definition) is 0. The van der Waals surface area contributed by atoms with Crippen molar-refractivity contribution in [2.75, 3.05) is 26.2 Å². The van der Waals surface area contributed by atoms with Crippen LogP contribution in [-0.2, 0) is 12.8 Å². The van der Waals surface area contributed by atoms with E-state index >= 15 is 0 Å². The van der Waals surface area contributed by atoms with Crippen molar-refractivity contribution >= 4 is 5.91 Å². The van der Waals surface area contributed by atoms with Gasteiger partial charge in [-0.05, 0) is 32.1 Å².